The molecular weight excluding hydrogens is 333 g/mol. The number of hydrogen-bond donors (Lipinski definition) is 1. The Labute approximate surface area is 135 Å². The molecule has 118 valence electrons. The molecule has 1 aromatic carbocycles. The molecule has 1 aromatic rings. The second kappa shape index (κ2) is 8.01. The van der Waals surface area contributed by atoms with Gasteiger partial charge < -0.3 is 5.32 Å². The highest BCUT2D eigenvalue weighted by Gasteiger charge is 2.18. The number of carbonyl (C=O) groups is 1. The van der Waals surface area contributed by atoms with Crippen LogP contribution in [0.3, 0.4) is 0 Å². The minimum Gasteiger partial charge on any atom is -0.352 e. The smallest absolute Gasteiger partial charge is 0.261 e. The van der Waals surface area contributed by atoms with Crippen LogP contribution in [0.1, 0.15) is 48.5 Å². The van der Waals surface area contributed by atoms with E-state index in [1.807, 2.05) is 0 Å². The van der Waals surface area contributed by atoms with Gasteiger partial charge in [-0.2, -0.15) is 0 Å². The highest BCUT2D eigenvalue weighted by molar-refractivity contribution is 8.13. The quantitative estimate of drug-likeness (QED) is 0.598. The summed E-state index contributed by atoms with van der Waals surface area (Å²) < 4.78 is 22.8. The maximum Gasteiger partial charge on any atom is 0.261 e. The van der Waals surface area contributed by atoms with Gasteiger partial charge in [0, 0.05) is 27.8 Å². The maximum atomic E-state index is 12.1. The molecular formula is C14H19Cl2NO3S. The van der Waals surface area contributed by atoms with Crippen LogP contribution in [-0.2, 0) is 9.05 Å². The molecule has 21 heavy (non-hydrogen) atoms. The molecule has 0 fully saturated rings. The summed E-state index contributed by atoms with van der Waals surface area (Å²) in [6.07, 6.45) is 4.19. The van der Waals surface area contributed by atoms with Gasteiger partial charge >= 0.3 is 0 Å². The van der Waals surface area contributed by atoms with Gasteiger partial charge in [-0.3, -0.25) is 4.79 Å². The number of hydrogen-bond acceptors (Lipinski definition) is 3. The molecule has 0 spiro atoms. The topological polar surface area (TPSA) is 63.2 Å². The highest BCUT2D eigenvalue weighted by atomic mass is 35.7. The average Bonchev–Trinajstić information content (AvgIpc) is 2.40. The van der Waals surface area contributed by atoms with Crippen molar-refractivity contribution in [3.63, 3.8) is 0 Å². The van der Waals surface area contributed by atoms with E-state index in [4.69, 9.17) is 22.3 Å². The fourth-order valence-electron chi connectivity index (χ4n) is 1.88. The molecule has 0 unspecified atom stereocenters. The van der Waals surface area contributed by atoms with Gasteiger partial charge in [-0.15, -0.1) is 0 Å². The van der Waals surface area contributed by atoms with Crippen LogP contribution in [-0.4, -0.2) is 20.9 Å². The lowest BCUT2D eigenvalue weighted by atomic mass is 10.1. The maximum absolute atomic E-state index is 12.1. The van der Waals surface area contributed by atoms with E-state index in [1.54, 1.807) is 6.92 Å². The van der Waals surface area contributed by atoms with Crippen LogP contribution in [0.5, 0.6) is 0 Å². The fourth-order valence-corrected chi connectivity index (χ4v) is 2.95. The number of rotatable bonds is 7. The normalized spacial score (nSPS) is 11.4. The van der Waals surface area contributed by atoms with Crippen LogP contribution in [0.2, 0.25) is 5.02 Å². The van der Waals surface area contributed by atoms with Crippen molar-refractivity contribution in [2.24, 2.45) is 0 Å². The van der Waals surface area contributed by atoms with Gasteiger partial charge in [0.25, 0.3) is 15.0 Å². The Balaban J connectivity index is 2.86. The lowest BCUT2D eigenvalue weighted by Gasteiger charge is -2.10. The van der Waals surface area contributed by atoms with Crippen LogP contribution >= 0.6 is 22.3 Å². The molecule has 1 rings (SSSR count). The van der Waals surface area contributed by atoms with Crippen molar-refractivity contribution in [2.75, 3.05) is 6.54 Å². The van der Waals surface area contributed by atoms with Crippen molar-refractivity contribution >= 4 is 37.2 Å². The van der Waals surface area contributed by atoms with Crippen molar-refractivity contribution in [2.45, 2.75) is 44.4 Å². The summed E-state index contributed by atoms with van der Waals surface area (Å²) in [4.78, 5) is 12.0. The van der Waals surface area contributed by atoms with E-state index >= 15 is 0 Å². The molecule has 0 aromatic heterocycles. The van der Waals surface area contributed by atoms with Gasteiger partial charge in [0.15, 0.2) is 0 Å². The van der Waals surface area contributed by atoms with Gasteiger partial charge in [0.05, 0.1) is 4.90 Å². The predicted molar refractivity (Wildman–Crippen MR) is 85.7 cm³/mol. The second-order valence-electron chi connectivity index (χ2n) is 4.83. The van der Waals surface area contributed by atoms with Gasteiger partial charge in [-0.05, 0) is 31.0 Å². The van der Waals surface area contributed by atoms with E-state index in [1.165, 1.54) is 12.1 Å². The Morgan fingerprint density at radius 2 is 1.90 bits per heavy atom. The first-order valence-electron chi connectivity index (χ1n) is 6.80. The Bertz CT molecular complexity index is 615. The first kappa shape index (κ1) is 18.3. The second-order valence-corrected chi connectivity index (χ2v) is 7.81. The molecule has 0 radical (unpaired) electrons. The molecule has 1 N–H and O–H groups in total. The molecule has 0 aliphatic heterocycles. The molecule has 0 aliphatic rings. The molecule has 0 heterocycles. The van der Waals surface area contributed by atoms with Gasteiger partial charge in [0.1, 0.15) is 0 Å². The number of unbranched alkanes of at least 4 members (excludes halogenated alkanes) is 3. The van der Waals surface area contributed by atoms with E-state index in [0.29, 0.717) is 12.1 Å². The largest absolute Gasteiger partial charge is 0.352 e. The van der Waals surface area contributed by atoms with Crippen molar-refractivity contribution in [1.29, 1.82) is 0 Å². The average molecular weight is 352 g/mol. The number of carbonyl (C=O) groups excluding carboxylic acids is 1. The first-order valence-corrected chi connectivity index (χ1v) is 9.49. The van der Waals surface area contributed by atoms with E-state index in [-0.39, 0.29) is 21.4 Å². The summed E-state index contributed by atoms with van der Waals surface area (Å²) in [5, 5.41) is 2.97. The van der Waals surface area contributed by atoms with E-state index in [0.717, 1.165) is 25.7 Å². The first-order chi connectivity index (χ1) is 9.77. The summed E-state index contributed by atoms with van der Waals surface area (Å²) in [5.41, 5.74) is 0.768. The summed E-state index contributed by atoms with van der Waals surface area (Å²) in [6, 6.07) is 2.50. The zero-order valence-corrected chi connectivity index (χ0v) is 14.4. The number of halogens is 2. The zero-order valence-electron chi connectivity index (χ0n) is 12.1. The van der Waals surface area contributed by atoms with Crippen molar-refractivity contribution in [3.05, 3.63) is 28.3 Å². The third kappa shape index (κ3) is 5.49. The Kier molecular flexibility index (Phi) is 6.97. The zero-order chi connectivity index (χ0) is 16.0. The van der Waals surface area contributed by atoms with Crippen LogP contribution in [0.25, 0.3) is 0 Å². The predicted octanol–water partition coefficient (Wildman–Crippen LogP) is 3.89. The summed E-state index contributed by atoms with van der Waals surface area (Å²) in [5.74, 6) is -0.340. The van der Waals surface area contributed by atoms with Crippen LogP contribution in [0, 0.1) is 6.92 Å². The third-order valence-electron chi connectivity index (χ3n) is 3.16. The molecule has 0 aliphatic carbocycles. The number of benzene rings is 1. The van der Waals surface area contributed by atoms with E-state index in [9.17, 15) is 13.2 Å². The van der Waals surface area contributed by atoms with Crippen LogP contribution < -0.4 is 5.32 Å². The molecule has 1 amide bonds. The standard InChI is InChI=1S/C14H19Cl2NO3S/c1-3-4-5-6-7-17-14(18)12-8-11(21(16,19)20)9-13(15)10(12)2/h8-9H,3-7H2,1-2H3,(H,17,18). The Morgan fingerprint density at radius 1 is 1.24 bits per heavy atom. The monoisotopic (exact) mass is 351 g/mol. The molecule has 0 atom stereocenters. The summed E-state index contributed by atoms with van der Waals surface area (Å²) in [7, 11) is 1.38. The van der Waals surface area contributed by atoms with Crippen molar-refractivity contribution in [3.8, 4) is 0 Å². The number of amides is 1. The fraction of sp³-hybridized carbons (Fsp3) is 0.500. The minimum absolute atomic E-state index is 0.170. The Morgan fingerprint density at radius 3 is 2.48 bits per heavy atom. The van der Waals surface area contributed by atoms with Gasteiger partial charge in [0.2, 0.25) is 0 Å². The van der Waals surface area contributed by atoms with Crippen molar-refractivity contribution in [1.82, 2.24) is 5.32 Å². The molecule has 4 nitrogen and oxygen atoms in total. The third-order valence-corrected chi connectivity index (χ3v) is 4.89. The van der Waals surface area contributed by atoms with Crippen molar-refractivity contribution < 1.29 is 13.2 Å². The van der Waals surface area contributed by atoms with Crippen LogP contribution in [0.4, 0.5) is 0 Å². The lowest BCUT2D eigenvalue weighted by Crippen LogP contribution is -2.25. The minimum atomic E-state index is -3.92. The lowest BCUT2D eigenvalue weighted by molar-refractivity contribution is 0.0952. The molecule has 0 bridgehead atoms. The molecule has 7 heteroatoms. The number of nitrogens with one attached hydrogen (secondary N) is 1. The van der Waals surface area contributed by atoms with E-state index < -0.39 is 9.05 Å². The van der Waals surface area contributed by atoms with Crippen LogP contribution in [0.15, 0.2) is 17.0 Å². The molecule has 0 saturated carbocycles. The van der Waals surface area contributed by atoms with Gasteiger partial charge in [-0.1, -0.05) is 37.8 Å². The SMILES string of the molecule is CCCCCCNC(=O)c1cc(S(=O)(=O)Cl)cc(Cl)c1C. The summed E-state index contributed by atoms with van der Waals surface area (Å²) in [6.45, 7) is 4.33. The highest BCUT2D eigenvalue weighted by Crippen LogP contribution is 2.26. The summed E-state index contributed by atoms with van der Waals surface area (Å²) >= 11 is 5.97. The Hall–Kier alpha value is -0.780. The van der Waals surface area contributed by atoms with E-state index in [2.05, 4.69) is 12.2 Å². The molecule has 0 saturated heterocycles. The van der Waals surface area contributed by atoms with Gasteiger partial charge in [-0.25, -0.2) is 8.42 Å².